The molecule has 1 saturated heterocycles. The summed E-state index contributed by atoms with van der Waals surface area (Å²) in [5.41, 5.74) is 1.78. The molecule has 0 bridgehead atoms. The van der Waals surface area contributed by atoms with E-state index in [9.17, 15) is 4.79 Å². The number of carbonyl (C=O) groups is 1. The van der Waals surface area contributed by atoms with Gasteiger partial charge in [0.05, 0.1) is 18.7 Å². The first-order valence-corrected chi connectivity index (χ1v) is 10.1. The fraction of sp³-hybridized carbons (Fsp3) is 0.409. The quantitative estimate of drug-likeness (QED) is 0.671. The first-order valence-electron chi connectivity index (χ1n) is 10.1. The maximum absolute atomic E-state index is 12.8. The van der Waals surface area contributed by atoms with Gasteiger partial charge in [0.25, 0.3) is 0 Å². The van der Waals surface area contributed by atoms with Crippen LogP contribution in [0, 0.1) is 5.92 Å². The van der Waals surface area contributed by atoms with E-state index >= 15 is 0 Å². The van der Waals surface area contributed by atoms with Crippen molar-refractivity contribution in [1.82, 2.24) is 15.0 Å². The average molecular weight is 394 g/mol. The lowest BCUT2D eigenvalue weighted by atomic mass is 9.97. The Morgan fingerprint density at radius 1 is 1.28 bits per heavy atom. The summed E-state index contributed by atoms with van der Waals surface area (Å²) in [6.07, 6.45) is 3.51. The summed E-state index contributed by atoms with van der Waals surface area (Å²) in [5, 5.41) is 7.10. The number of anilines is 1. The summed E-state index contributed by atoms with van der Waals surface area (Å²) in [6, 6.07) is 11.5. The third-order valence-electron chi connectivity index (χ3n) is 5.18. The second kappa shape index (κ2) is 8.61. The van der Waals surface area contributed by atoms with Crippen molar-refractivity contribution in [2.45, 2.75) is 39.2 Å². The summed E-state index contributed by atoms with van der Waals surface area (Å²) in [6.45, 7) is 6.30. The summed E-state index contributed by atoms with van der Waals surface area (Å²) in [4.78, 5) is 19.4. The van der Waals surface area contributed by atoms with E-state index in [0.717, 1.165) is 36.4 Å². The Hall–Kier alpha value is -2.93. The van der Waals surface area contributed by atoms with Crippen LogP contribution in [0.5, 0.6) is 0 Å². The zero-order chi connectivity index (χ0) is 20.2. The predicted molar refractivity (Wildman–Crippen MR) is 109 cm³/mol. The third-order valence-corrected chi connectivity index (χ3v) is 5.18. The number of furan rings is 1. The number of hydrogen-bond donors (Lipinski definition) is 1. The molecule has 4 rings (SSSR count). The molecular weight excluding hydrogens is 368 g/mol. The molecule has 1 N–H and O–H groups in total. The van der Waals surface area contributed by atoms with Gasteiger partial charge in [0, 0.05) is 23.7 Å². The molecule has 1 aromatic carbocycles. The fourth-order valence-corrected chi connectivity index (χ4v) is 3.58. The van der Waals surface area contributed by atoms with Gasteiger partial charge in [-0.3, -0.25) is 9.69 Å². The van der Waals surface area contributed by atoms with Crippen molar-refractivity contribution in [3.63, 3.8) is 0 Å². The molecule has 1 amide bonds. The lowest BCUT2D eigenvalue weighted by Gasteiger charge is -2.31. The first kappa shape index (κ1) is 19.4. The maximum atomic E-state index is 12.8. The van der Waals surface area contributed by atoms with Gasteiger partial charge in [0.1, 0.15) is 5.76 Å². The molecule has 1 aliphatic heterocycles. The van der Waals surface area contributed by atoms with Crippen molar-refractivity contribution in [2.75, 3.05) is 18.4 Å². The molecule has 0 unspecified atom stereocenters. The molecule has 2 aromatic heterocycles. The molecular formula is C22H26N4O3. The zero-order valence-electron chi connectivity index (χ0n) is 16.8. The normalized spacial score (nSPS) is 17.6. The maximum Gasteiger partial charge on any atom is 0.229 e. The van der Waals surface area contributed by atoms with E-state index in [-0.39, 0.29) is 17.7 Å². The molecule has 1 fully saturated rings. The highest BCUT2D eigenvalue weighted by atomic mass is 16.5. The van der Waals surface area contributed by atoms with Gasteiger partial charge in [0.2, 0.25) is 11.8 Å². The van der Waals surface area contributed by atoms with E-state index < -0.39 is 0 Å². The third kappa shape index (κ3) is 4.74. The fourth-order valence-electron chi connectivity index (χ4n) is 3.58. The zero-order valence-corrected chi connectivity index (χ0v) is 16.8. The molecule has 152 valence electrons. The van der Waals surface area contributed by atoms with Gasteiger partial charge in [-0.1, -0.05) is 19.0 Å². The standard InChI is InChI=1S/C22H26N4O3/c1-15(2)22-24-20(25-29-22)14-26-11-3-5-17(13-26)21(27)23-18-9-7-16(8-10-18)19-6-4-12-28-19/h4,6-10,12,15,17H,3,5,11,13-14H2,1-2H3,(H,23,27)/t17-/m0/s1. The summed E-state index contributed by atoms with van der Waals surface area (Å²) >= 11 is 0. The summed E-state index contributed by atoms with van der Waals surface area (Å²) in [5.74, 6) is 2.37. The molecule has 0 spiro atoms. The number of benzene rings is 1. The number of carbonyl (C=O) groups excluding carboxylic acids is 1. The number of likely N-dealkylation sites (tertiary alicyclic amines) is 1. The van der Waals surface area contributed by atoms with Crippen molar-refractivity contribution in [3.8, 4) is 11.3 Å². The smallest absolute Gasteiger partial charge is 0.229 e. The Bertz CT molecular complexity index is 931. The van der Waals surface area contributed by atoms with Crippen LogP contribution in [-0.2, 0) is 11.3 Å². The topological polar surface area (TPSA) is 84.4 Å². The van der Waals surface area contributed by atoms with Gasteiger partial charge < -0.3 is 14.3 Å². The minimum atomic E-state index is -0.0510. The van der Waals surface area contributed by atoms with Gasteiger partial charge in [-0.15, -0.1) is 0 Å². The van der Waals surface area contributed by atoms with Crippen LogP contribution in [-0.4, -0.2) is 34.0 Å². The Kier molecular flexibility index (Phi) is 5.76. The lowest BCUT2D eigenvalue weighted by Crippen LogP contribution is -2.40. The minimum absolute atomic E-state index is 0.0510. The predicted octanol–water partition coefficient (Wildman–Crippen LogP) is 4.30. The van der Waals surface area contributed by atoms with E-state index in [1.807, 2.05) is 50.2 Å². The van der Waals surface area contributed by atoms with Crippen LogP contribution in [0.15, 0.2) is 51.6 Å². The van der Waals surface area contributed by atoms with Crippen LogP contribution >= 0.6 is 0 Å². The monoisotopic (exact) mass is 394 g/mol. The number of piperidine rings is 1. The van der Waals surface area contributed by atoms with E-state index in [1.165, 1.54) is 0 Å². The number of nitrogens with zero attached hydrogens (tertiary/aromatic N) is 3. The summed E-state index contributed by atoms with van der Waals surface area (Å²) < 4.78 is 10.7. The van der Waals surface area contributed by atoms with Gasteiger partial charge in [-0.25, -0.2) is 0 Å². The van der Waals surface area contributed by atoms with Crippen molar-refractivity contribution in [3.05, 3.63) is 54.4 Å². The van der Waals surface area contributed by atoms with Crippen LogP contribution < -0.4 is 5.32 Å². The minimum Gasteiger partial charge on any atom is -0.464 e. The first-order chi connectivity index (χ1) is 14.1. The Labute approximate surface area is 170 Å². The molecule has 7 nitrogen and oxygen atoms in total. The molecule has 0 radical (unpaired) electrons. The number of rotatable bonds is 6. The summed E-state index contributed by atoms with van der Waals surface area (Å²) in [7, 11) is 0. The van der Waals surface area contributed by atoms with E-state index in [2.05, 4.69) is 20.4 Å². The Morgan fingerprint density at radius 2 is 2.10 bits per heavy atom. The molecule has 1 aliphatic rings. The van der Waals surface area contributed by atoms with Crippen LogP contribution in [0.4, 0.5) is 5.69 Å². The van der Waals surface area contributed by atoms with Gasteiger partial charge in [-0.2, -0.15) is 4.98 Å². The second-order valence-electron chi connectivity index (χ2n) is 7.82. The largest absolute Gasteiger partial charge is 0.464 e. The Morgan fingerprint density at radius 3 is 2.79 bits per heavy atom. The van der Waals surface area contributed by atoms with Crippen molar-refractivity contribution in [1.29, 1.82) is 0 Å². The van der Waals surface area contributed by atoms with Crippen LogP contribution in [0.1, 0.15) is 44.3 Å². The van der Waals surface area contributed by atoms with Crippen molar-refractivity contribution < 1.29 is 13.7 Å². The Balaban J connectivity index is 1.33. The van der Waals surface area contributed by atoms with E-state index in [0.29, 0.717) is 24.8 Å². The number of aromatic nitrogens is 2. The molecule has 29 heavy (non-hydrogen) atoms. The molecule has 1 atom stereocenters. The number of amides is 1. The van der Waals surface area contributed by atoms with E-state index in [4.69, 9.17) is 8.94 Å². The SMILES string of the molecule is CC(C)c1nc(CN2CCC[C@H](C(=O)Nc3ccc(-c4ccco4)cc3)C2)no1. The van der Waals surface area contributed by atoms with Crippen LogP contribution in [0.25, 0.3) is 11.3 Å². The number of hydrogen-bond acceptors (Lipinski definition) is 6. The molecule has 0 aliphatic carbocycles. The van der Waals surface area contributed by atoms with Crippen molar-refractivity contribution >= 4 is 11.6 Å². The molecule has 7 heteroatoms. The average Bonchev–Trinajstić information content (AvgIpc) is 3.41. The van der Waals surface area contributed by atoms with Gasteiger partial charge >= 0.3 is 0 Å². The van der Waals surface area contributed by atoms with Crippen LogP contribution in [0.3, 0.4) is 0 Å². The molecule has 3 heterocycles. The highest BCUT2D eigenvalue weighted by Gasteiger charge is 2.27. The van der Waals surface area contributed by atoms with Gasteiger partial charge in [-0.05, 0) is 55.8 Å². The lowest BCUT2D eigenvalue weighted by molar-refractivity contribution is -0.121. The van der Waals surface area contributed by atoms with E-state index in [1.54, 1.807) is 6.26 Å². The van der Waals surface area contributed by atoms with Crippen molar-refractivity contribution in [2.24, 2.45) is 5.92 Å². The highest BCUT2D eigenvalue weighted by molar-refractivity contribution is 5.93. The highest BCUT2D eigenvalue weighted by Crippen LogP contribution is 2.24. The molecule has 3 aromatic rings. The number of nitrogens with one attached hydrogen (secondary N) is 1. The van der Waals surface area contributed by atoms with Crippen LogP contribution in [0.2, 0.25) is 0 Å². The molecule has 0 saturated carbocycles. The van der Waals surface area contributed by atoms with Gasteiger partial charge in [0.15, 0.2) is 5.82 Å². The second-order valence-corrected chi connectivity index (χ2v) is 7.82.